The molecule has 0 radical (unpaired) electrons. The van der Waals surface area contributed by atoms with Crippen molar-refractivity contribution in [2.75, 3.05) is 13.2 Å². The SMILES string of the molecule is CC[C@H](Oc1ccc(F)cc1)C(=O)N[C@H](C)c1ccc2c(c1)OCCO2. The molecule has 5 nitrogen and oxygen atoms in total. The lowest BCUT2D eigenvalue weighted by Gasteiger charge is -2.23. The number of ether oxygens (including phenoxy) is 3. The summed E-state index contributed by atoms with van der Waals surface area (Å²) in [6.07, 6.45) is -0.156. The Bertz CT molecular complexity index is 763. The Kier molecular flexibility index (Phi) is 5.61. The second-order valence-corrected chi connectivity index (χ2v) is 6.10. The van der Waals surface area contributed by atoms with Crippen LogP contribution in [0, 0.1) is 5.82 Å². The van der Waals surface area contributed by atoms with Gasteiger partial charge in [0.25, 0.3) is 5.91 Å². The smallest absolute Gasteiger partial charge is 0.261 e. The van der Waals surface area contributed by atoms with E-state index in [-0.39, 0.29) is 17.8 Å². The maximum Gasteiger partial charge on any atom is 0.261 e. The number of hydrogen-bond donors (Lipinski definition) is 1. The van der Waals surface area contributed by atoms with Crippen molar-refractivity contribution >= 4 is 5.91 Å². The van der Waals surface area contributed by atoms with Crippen LogP contribution in [0.3, 0.4) is 0 Å². The molecule has 0 unspecified atom stereocenters. The van der Waals surface area contributed by atoms with Crippen LogP contribution in [0.25, 0.3) is 0 Å². The van der Waals surface area contributed by atoms with Gasteiger partial charge in [-0.15, -0.1) is 0 Å². The number of nitrogens with one attached hydrogen (secondary N) is 1. The molecule has 0 aliphatic carbocycles. The average molecular weight is 359 g/mol. The summed E-state index contributed by atoms with van der Waals surface area (Å²) in [6, 6.07) is 11.0. The minimum Gasteiger partial charge on any atom is -0.486 e. The predicted molar refractivity (Wildman–Crippen MR) is 95.1 cm³/mol. The average Bonchev–Trinajstić information content (AvgIpc) is 2.67. The molecular formula is C20H22FNO4. The number of benzene rings is 2. The molecule has 3 rings (SSSR count). The van der Waals surface area contributed by atoms with E-state index in [4.69, 9.17) is 14.2 Å². The zero-order chi connectivity index (χ0) is 18.5. The molecule has 1 aliphatic heterocycles. The van der Waals surface area contributed by atoms with Gasteiger partial charge in [0.15, 0.2) is 17.6 Å². The predicted octanol–water partition coefficient (Wildman–Crippen LogP) is 3.63. The number of carbonyl (C=O) groups is 1. The highest BCUT2D eigenvalue weighted by Crippen LogP contribution is 2.32. The zero-order valence-electron chi connectivity index (χ0n) is 14.8. The molecule has 0 saturated carbocycles. The van der Waals surface area contributed by atoms with Gasteiger partial charge in [-0.3, -0.25) is 4.79 Å². The molecule has 0 spiro atoms. The van der Waals surface area contributed by atoms with Crippen molar-refractivity contribution in [3.8, 4) is 17.2 Å². The van der Waals surface area contributed by atoms with E-state index in [1.54, 1.807) is 0 Å². The van der Waals surface area contributed by atoms with Crippen molar-refractivity contribution < 1.29 is 23.4 Å². The second kappa shape index (κ2) is 8.08. The fourth-order valence-corrected chi connectivity index (χ4v) is 2.72. The van der Waals surface area contributed by atoms with Crippen LogP contribution in [0.5, 0.6) is 17.2 Å². The van der Waals surface area contributed by atoms with Gasteiger partial charge in [-0.1, -0.05) is 13.0 Å². The molecule has 1 N–H and O–H groups in total. The molecule has 6 heteroatoms. The molecule has 0 saturated heterocycles. The minimum absolute atomic E-state index is 0.218. The number of hydrogen-bond acceptors (Lipinski definition) is 4. The number of amides is 1. The van der Waals surface area contributed by atoms with Crippen LogP contribution in [0.2, 0.25) is 0 Å². The van der Waals surface area contributed by atoms with Crippen LogP contribution >= 0.6 is 0 Å². The van der Waals surface area contributed by atoms with E-state index < -0.39 is 6.10 Å². The molecule has 2 aromatic carbocycles. The Morgan fingerprint density at radius 2 is 1.85 bits per heavy atom. The van der Waals surface area contributed by atoms with Crippen LogP contribution < -0.4 is 19.5 Å². The zero-order valence-corrected chi connectivity index (χ0v) is 14.8. The largest absolute Gasteiger partial charge is 0.486 e. The summed E-state index contributed by atoms with van der Waals surface area (Å²) in [6.45, 7) is 4.81. The molecule has 2 atom stereocenters. The standard InChI is InChI=1S/C20H22FNO4/c1-3-17(26-16-7-5-15(21)6-8-16)20(23)22-13(2)14-4-9-18-19(12-14)25-11-10-24-18/h4-9,12-13,17H,3,10-11H2,1-2H3,(H,22,23)/t13-,17+/m1/s1. The molecule has 138 valence electrons. The van der Waals surface area contributed by atoms with Gasteiger partial charge in [0.1, 0.15) is 24.8 Å². The number of carbonyl (C=O) groups excluding carboxylic acids is 1. The Morgan fingerprint density at radius 3 is 2.54 bits per heavy atom. The molecule has 1 heterocycles. The van der Waals surface area contributed by atoms with Crippen LogP contribution in [-0.4, -0.2) is 25.2 Å². The number of halogens is 1. The van der Waals surface area contributed by atoms with Gasteiger partial charge in [-0.25, -0.2) is 4.39 Å². The van der Waals surface area contributed by atoms with Crippen molar-refractivity contribution in [3.05, 3.63) is 53.8 Å². The van der Waals surface area contributed by atoms with Crippen molar-refractivity contribution in [3.63, 3.8) is 0 Å². The van der Waals surface area contributed by atoms with Gasteiger partial charge in [-0.05, 0) is 55.3 Å². The van der Waals surface area contributed by atoms with Gasteiger partial charge < -0.3 is 19.5 Å². The van der Waals surface area contributed by atoms with Crippen LogP contribution in [0.15, 0.2) is 42.5 Å². The highest BCUT2D eigenvalue weighted by molar-refractivity contribution is 5.81. The highest BCUT2D eigenvalue weighted by atomic mass is 19.1. The lowest BCUT2D eigenvalue weighted by molar-refractivity contribution is -0.128. The van der Waals surface area contributed by atoms with Crippen molar-refractivity contribution in [2.45, 2.75) is 32.4 Å². The minimum atomic E-state index is -0.653. The van der Waals surface area contributed by atoms with Crippen LogP contribution in [0.4, 0.5) is 4.39 Å². The normalized spacial score (nSPS) is 15.0. The first-order chi connectivity index (χ1) is 12.6. The fraction of sp³-hybridized carbons (Fsp3) is 0.350. The van der Waals surface area contributed by atoms with Crippen LogP contribution in [-0.2, 0) is 4.79 Å². The Hall–Kier alpha value is -2.76. The summed E-state index contributed by atoms with van der Waals surface area (Å²) in [5.74, 6) is 1.29. The topological polar surface area (TPSA) is 56.8 Å². The van der Waals surface area contributed by atoms with Gasteiger partial charge in [-0.2, -0.15) is 0 Å². The Balaban J connectivity index is 1.64. The van der Waals surface area contributed by atoms with Crippen molar-refractivity contribution in [1.82, 2.24) is 5.32 Å². The molecule has 26 heavy (non-hydrogen) atoms. The Labute approximate surface area is 152 Å². The third-order valence-corrected chi connectivity index (χ3v) is 4.18. The molecule has 0 fully saturated rings. The first-order valence-corrected chi connectivity index (χ1v) is 8.69. The third kappa shape index (κ3) is 4.25. The fourth-order valence-electron chi connectivity index (χ4n) is 2.72. The molecule has 1 aliphatic rings. The summed E-state index contributed by atoms with van der Waals surface area (Å²) < 4.78 is 29.8. The number of fused-ring (bicyclic) bond motifs is 1. The molecule has 2 aromatic rings. The lowest BCUT2D eigenvalue weighted by Crippen LogP contribution is -2.39. The van der Waals surface area contributed by atoms with Crippen molar-refractivity contribution in [1.29, 1.82) is 0 Å². The van der Waals surface area contributed by atoms with E-state index in [1.807, 2.05) is 32.0 Å². The maximum atomic E-state index is 13.0. The summed E-state index contributed by atoms with van der Waals surface area (Å²) in [4.78, 5) is 12.6. The second-order valence-electron chi connectivity index (χ2n) is 6.10. The third-order valence-electron chi connectivity index (χ3n) is 4.18. The first-order valence-electron chi connectivity index (χ1n) is 8.69. The van der Waals surface area contributed by atoms with E-state index in [9.17, 15) is 9.18 Å². The van der Waals surface area contributed by atoms with Crippen molar-refractivity contribution in [2.24, 2.45) is 0 Å². The van der Waals surface area contributed by atoms with E-state index in [2.05, 4.69) is 5.32 Å². The number of rotatable bonds is 6. The summed E-state index contributed by atoms with van der Waals surface area (Å²) in [5.41, 5.74) is 0.916. The maximum absolute atomic E-state index is 13.0. The summed E-state index contributed by atoms with van der Waals surface area (Å²) >= 11 is 0. The molecule has 0 aromatic heterocycles. The van der Waals surface area contributed by atoms with Gasteiger partial charge in [0.2, 0.25) is 0 Å². The summed E-state index contributed by atoms with van der Waals surface area (Å²) in [5, 5.41) is 2.95. The van der Waals surface area contributed by atoms with E-state index >= 15 is 0 Å². The van der Waals surface area contributed by atoms with E-state index in [0.29, 0.717) is 36.9 Å². The molecule has 0 bridgehead atoms. The Morgan fingerprint density at radius 1 is 1.15 bits per heavy atom. The van der Waals surface area contributed by atoms with Gasteiger partial charge >= 0.3 is 0 Å². The lowest BCUT2D eigenvalue weighted by atomic mass is 10.1. The van der Waals surface area contributed by atoms with E-state index in [1.165, 1.54) is 24.3 Å². The first kappa shape index (κ1) is 18.0. The highest BCUT2D eigenvalue weighted by Gasteiger charge is 2.22. The molecule has 1 amide bonds. The monoisotopic (exact) mass is 359 g/mol. The van der Waals surface area contributed by atoms with Gasteiger partial charge in [0.05, 0.1) is 6.04 Å². The summed E-state index contributed by atoms with van der Waals surface area (Å²) in [7, 11) is 0. The molecular weight excluding hydrogens is 337 g/mol. The van der Waals surface area contributed by atoms with E-state index in [0.717, 1.165) is 5.56 Å². The quantitative estimate of drug-likeness (QED) is 0.856. The van der Waals surface area contributed by atoms with Crippen LogP contribution in [0.1, 0.15) is 31.9 Å². The van der Waals surface area contributed by atoms with Gasteiger partial charge in [0, 0.05) is 0 Å².